The lowest BCUT2D eigenvalue weighted by Crippen LogP contribution is -2.42. The highest BCUT2D eigenvalue weighted by Gasteiger charge is 2.18. The molecule has 4 nitrogen and oxygen atoms in total. The van der Waals surface area contributed by atoms with Gasteiger partial charge < -0.3 is 11.1 Å². The van der Waals surface area contributed by atoms with Crippen LogP contribution < -0.4 is 11.1 Å². The first-order valence-corrected chi connectivity index (χ1v) is 9.41. The van der Waals surface area contributed by atoms with E-state index in [1.54, 1.807) is 11.3 Å². The Morgan fingerprint density at radius 2 is 2.14 bits per heavy atom. The number of rotatable bonds is 7. The van der Waals surface area contributed by atoms with Gasteiger partial charge in [0.2, 0.25) is 5.91 Å². The predicted octanol–water partition coefficient (Wildman–Crippen LogP) is 3.22. The Bertz CT molecular complexity index is 466. The Kier molecular flexibility index (Phi) is 6.83. The number of aromatic nitrogens is 1. The molecule has 1 saturated carbocycles. The van der Waals surface area contributed by atoms with Crippen molar-refractivity contribution in [1.82, 2.24) is 10.3 Å². The van der Waals surface area contributed by atoms with Crippen molar-refractivity contribution in [2.45, 2.75) is 70.8 Å². The summed E-state index contributed by atoms with van der Waals surface area (Å²) < 4.78 is 0. The third-order valence-corrected chi connectivity index (χ3v) is 5.22. The Morgan fingerprint density at radius 1 is 1.41 bits per heavy atom. The molecule has 1 aromatic rings. The Balaban J connectivity index is 1.73. The maximum absolute atomic E-state index is 11.9. The number of carbonyl (C=O) groups excluding carboxylic acids is 1. The van der Waals surface area contributed by atoms with Gasteiger partial charge in [-0.3, -0.25) is 4.79 Å². The highest BCUT2D eigenvalue weighted by atomic mass is 32.1. The molecule has 1 aliphatic rings. The van der Waals surface area contributed by atoms with Crippen molar-refractivity contribution in [3.8, 4) is 0 Å². The molecular formula is C17H29N3OS. The summed E-state index contributed by atoms with van der Waals surface area (Å²) in [6, 6.07) is -0.394. The van der Waals surface area contributed by atoms with E-state index in [1.165, 1.54) is 37.8 Å². The van der Waals surface area contributed by atoms with E-state index in [2.05, 4.69) is 24.5 Å². The first kappa shape index (κ1) is 17.4. The smallest absolute Gasteiger partial charge is 0.236 e. The van der Waals surface area contributed by atoms with Crippen molar-refractivity contribution in [3.05, 3.63) is 16.1 Å². The second-order valence-corrected chi connectivity index (χ2v) is 7.72. The van der Waals surface area contributed by atoms with Gasteiger partial charge in [-0.25, -0.2) is 4.98 Å². The second-order valence-electron chi connectivity index (χ2n) is 6.78. The van der Waals surface area contributed by atoms with E-state index >= 15 is 0 Å². The molecule has 22 heavy (non-hydrogen) atoms. The number of carbonyl (C=O) groups is 1. The number of amides is 1. The third kappa shape index (κ3) is 5.36. The van der Waals surface area contributed by atoms with Gasteiger partial charge in [0.05, 0.1) is 16.7 Å². The quantitative estimate of drug-likeness (QED) is 0.809. The molecule has 1 heterocycles. The van der Waals surface area contributed by atoms with Crippen molar-refractivity contribution >= 4 is 17.2 Å². The van der Waals surface area contributed by atoms with E-state index < -0.39 is 6.04 Å². The van der Waals surface area contributed by atoms with Crippen LogP contribution in [0.4, 0.5) is 0 Å². The monoisotopic (exact) mass is 323 g/mol. The first-order valence-electron chi connectivity index (χ1n) is 8.54. The van der Waals surface area contributed by atoms with E-state index in [1.807, 2.05) is 0 Å². The zero-order valence-corrected chi connectivity index (χ0v) is 14.6. The lowest BCUT2D eigenvalue weighted by Gasteiger charge is -2.19. The minimum absolute atomic E-state index is 0.0437. The standard InChI is InChI=1S/C17H29N3OS/c1-12(2)10-14(18)17(21)19-9-8-16-20-15(11-22-16)13-6-4-3-5-7-13/h11-14H,3-10,18H2,1-2H3,(H,19,21)/t14-/m0/s1. The summed E-state index contributed by atoms with van der Waals surface area (Å²) in [5.74, 6) is 1.06. The molecule has 0 unspecified atom stereocenters. The van der Waals surface area contributed by atoms with Gasteiger partial charge in [0.1, 0.15) is 0 Å². The summed E-state index contributed by atoms with van der Waals surface area (Å²) in [7, 11) is 0. The Labute approximate surface area is 137 Å². The molecule has 3 N–H and O–H groups in total. The summed E-state index contributed by atoms with van der Waals surface area (Å²) in [5.41, 5.74) is 7.14. The van der Waals surface area contributed by atoms with Crippen LogP contribution in [0, 0.1) is 5.92 Å². The molecule has 0 spiro atoms. The zero-order valence-electron chi connectivity index (χ0n) is 13.8. The van der Waals surface area contributed by atoms with E-state index in [0.717, 1.165) is 17.8 Å². The van der Waals surface area contributed by atoms with E-state index in [9.17, 15) is 4.79 Å². The van der Waals surface area contributed by atoms with E-state index in [4.69, 9.17) is 10.7 Å². The van der Waals surface area contributed by atoms with Crippen LogP contribution in [0.2, 0.25) is 0 Å². The summed E-state index contributed by atoms with van der Waals surface area (Å²) in [4.78, 5) is 16.6. The van der Waals surface area contributed by atoms with Crippen LogP contribution in [0.3, 0.4) is 0 Å². The Morgan fingerprint density at radius 3 is 2.82 bits per heavy atom. The van der Waals surface area contributed by atoms with Crippen LogP contribution in [0.1, 0.15) is 69.0 Å². The highest BCUT2D eigenvalue weighted by molar-refractivity contribution is 7.09. The maximum Gasteiger partial charge on any atom is 0.236 e. The lowest BCUT2D eigenvalue weighted by atomic mass is 9.87. The van der Waals surface area contributed by atoms with Gasteiger partial charge in [0.15, 0.2) is 0 Å². The number of hydrogen-bond donors (Lipinski definition) is 2. The topological polar surface area (TPSA) is 68.0 Å². The molecule has 0 saturated heterocycles. The molecular weight excluding hydrogens is 294 g/mol. The normalized spacial score (nSPS) is 17.6. The molecule has 5 heteroatoms. The minimum atomic E-state index is -0.394. The van der Waals surface area contributed by atoms with Gasteiger partial charge in [-0.15, -0.1) is 11.3 Å². The molecule has 0 radical (unpaired) electrons. The molecule has 0 bridgehead atoms. The predicted molar refractivity (Wildman–Crippen MR) is 92.1 cm³/mol. The number of nitrogens with one attached hydrogen (secondary N) is 1. The van der Waals surface area contributed by atoms with Gasteiger partial charge in [0, 0.05) is 24.3 Å². The van der Waals surface area contributed by atoms with Gasteiger partial charge in [-0.2, -0.15) is 0 Å². The summed E-state index contributed by atoms with van der Waals surface area (Å²) >= 11 is 1.72. The van der Waals surface area contributed by atoms with Crippen molar-refractivity contribution in [2.75, 3.05) is 6.54 Å². The van der Waals surface area contributed by atoms with Crippen molar-refractivity contribution in [3.63, 3.8) is 0 Å². The van der Waals surface area contributed by atoms with Gasteiger partial charge in [-0.1, -0.05) is 33.1 Å². The fourth-order valence-corrected chi connectivity index (χ4v) is 3.94. The Hall–Kier alpha value is -0.940. The van der Waals surface area contributed by atoms with Gasteiger partial charge in [0.25, 0.3) is 0 Å². The van der Waals surface area contributed by atoms with Gasteiger partial charge in [-0.05, 0) is 25.2 Å². The zero-order chi connectivity index (χ0) is 15.9. The lowest BCUT2D eigenvalue weighted by molar-refractivity contribution is -0.122. The molecule has 1 amide bonds. The summed E-state index contributed by atoms with van der Waals surface area (Å²) in [6.45, 7) is 4.78. The van der Waals surface area contributed by atoms with Crippen LogP contribution in [0.25, 0.3) is 0 Å². The average molecular weight is 324 g/mol. The molecule has 1 aromatic heterocycles. The number of nitrogens with two attached hydrogens (primary N) is 1. The molecule has 1 atom stereocenters. The number of thiazole rings is 1. The average Bonchev–Trinajstić information content (AvgIpc) is 2.96. The van der Waals surface area contributed by atoms with Gasteiger partial charge >= 0.3 is 0 Å². The molecule has 0 aromatic carbocycles. The summed E-state index contributed by atoms with van der Waals surface area (Å²) in [5, 5.41) is 6.26. The van der Waals surface area contributed by atoms with E-state index in [0.29, 0.717) is 18.4 Å². The van der Waals surface area contributed by atoms with Crippen molar-refractivity contribution in [2.24, 2.45) is 11.7 Å². The van der Waals surface area contributed by atoms with Crippen LogP contribution in [-0.2, 0) is 11.2 Å². The second kappa shape index (κ2) is 8.63. The number of hydrogen-bond acceptors (Lipinski definition) is 4. The van der Waals surface area contributed by atoms with Crippen LogP contribution in [-0.4, -0.2) is 23.5 Å². The SMILES string of the molecule is CC(C)C[C@H](N)C(=O)NCCc1nc(C2CCCCC2)cs1. The number of nitrogens with zero attached hydrogens (tertiary/aromatic N) is 1. The first-order chi connectivity index (χ1) is 10.6. The van der Waals surface area contributed by atoms with Crippen molar-refractivity contribution < 1.29 is 4.79 Å². The van der Waals surface area contributed by atoms with Crippen molar-refractivity contribution in [1.29, 1.82) is 0 Å². The molecule has 1 fully saturated rings. The van der Waals surface area contributed by atoms with Crippen LogP contribution in [0.15, 0.2) is 5.38 Å². The van der Waals surface area contributed by atoms with E-state index in [-0.39, 0.29) is 5.91 Å². The fraction of sp³-hybridized carbons (Fsp3) is 0.765. The summed E-state index contributed by atoms with van der Waals surface area (Å²) in [6.07, 6.45) is 8.14. The minimum Gasteiger partial charge on any atom is -0.354 e. The van der Waals surface area contributed by atoms with Crippen LogP contribution >= 0.6 is 11.3 Å². The molecule has 124 valence electrons. The molecule has 2 rings (SSSR count). The fourth-order valence-electron chi connectivity index (χ4n) is 3.06. The third-order valence-electron chi connectivity index (χ3n) is 4.29. The highest BCUT2D eigenvalue weighted by Crippen LogP contribution is 2.33. The molecule has 1 aliphatic carbocycles. The maximum atomic E-state index is 11.9. The van der Waals surface area contributed by atoms with Crippen LogP contribution in [0.5, 0.6) is 0 Å². The largest absolute Gasteiger partial charge is 0.354 e. The molecule has 0 aliphatic heterocycles.